The van der Waals surface area contributed by atoms with Crippen LogP contribution < -0.4 is 4.57 Å². The topological polar surface area (TPSA) is 21.7 Å². The molecule has 0 bridgehead atoms. The van der Waals surface area contributed by atoms with Crippen LogP contribution in [0.5, 0.6) is 0 Å². The van der Waals surface area contributed by atoms with E-state index in [0.717, 1.165) is 22.3 Å². The van der Waals surface area contributed by atoms with Crippen molar-refractivity contribution in [1.29, 1.82) is 0 Å². The molecule has 2 aromatic heterocycles. The first-order chi connectivity index (χ1) is 17.5. The second kappa shape index (κ2) is 10.3. The zero-order chi connectivity index (χ0) is 24.7. The van der Waals surface area contributed by atoms with E-state index in [2.05, 4.69) is 102 Å². The largest absolute Gasteiger partial charge is 3.00 e. The minimum absolute atomic E-state index is 0. The molecule has 1 aliphatic rings. The van der Waals surface area contributed by atoms with Gasteiger partial charge in [-0.05, 0) is 38.2 Å². The van der Waals surface area contributed by atoms with Crippen LogP contribution in [0.3, 0.4) is 0 Å². The van der Waals surface area contributed by atoms with Crippen molar-refractivity contribution in [2.75, 3.05) is 0 Å². The SMILES string of the molecule is CC(C)(C)n1[c-][n+]2c3c(cccc31)Sc1cc3ccccc3[c-]c1-2.[Ir+3].[c-]1ccccc1-c1ccccn1. The van der Waals surface area contributed by atoms with Crippen molar-refractivity contribution >= 4 is 33.6 Å². The summed E-state index contributed by atoms with van der Waals surface area (Å²) in [6, 6.07) is 37.6. The fourth-order valence-electron chi connectivity index (χ4n) is 4.45. The van der Waals surface area contributed by atoms with Crippen LogP contribution in [0.4, 0.5) is 0 Å². The molecule has 1 aliphatic heterocycles. The average molecular weight is 676 g/mol. The molecule has 0 spiro atoms. The monoisotopic (exact) mass is 676 g/mol. The second-order valence-electron chi connectivity index (χ2n) is 9.73. The molecule has 5 heteroatoms. The van der Waals surface area contributed by atoms with Crippen LogP contribution in [-0.4, -0.2) is 9.55 Å². The summed E-state index contributed by atoms with van der Waals surface area (Å²) >= 11 is 1.83. The third kappa shape index (κ3) is 4.87. The van der Waals surface area contributed by atoms with Crippen molar-refractivity contribution in [3.8, 4) is 16.9 Å². The quantitative estimate of drug-likeness (QED) is 0.133. The normalized spacial score (nSPS) is 11.9. The molecule has 7 rings (SSSR count). The molecule has 37 heavy (non-hydrogen) atoms. The average Bonchev–Trinajstić information content (AvgIpc) is 3.31. The molecule has 182 valence electrons. The van der Waals surface area contributed by atoms with E-state index in [0.29, 0.717) is 0 Å². The fourth-order valence-corrected chi connectivity index (χ4v) is 5.55. The molecule has 6 aromatic rings. The van der Waals surface area contributed by atoms with E-state index in [1.54, 1.807) is 6.20 Å². The third-order valence-corrected chi connectivity index (χ3v) is 7.22. The Morgan fingerprint density at radius 1 is 0.865 bits per heavy atom. The zero-order valence-electron chi connectivity index (χ0n) is 20.8. The Balaban J connectivity index is 0.000000183. The molecule has 0 unspecified atom stereocenters. The van der Waals surface area contributed by atoms with E-state index >= 15 is 0 Å². The van der Waals surface area contributed by atoms with E-state index < -0.39 is 0 Å². The number of fused-ring (bicyclic) bond motifs is 3. The summed E-state index contributed by atoms with van der Waals surface area (Å²) in [6.07, 6.45) is 5.37. The van der Waals surface area contributed by atoms with Gasteiger partial charge in [0.1, 0.15) is 0 Å². The fraction of sp³-hybridized carbons (Fsp3) is 0.125. The maximum absolute atomic E-state index is 4.22. The first-order valence-corrected chi connectivity index (χ1v) is 12.8. The Labute approximate surface area is 235 Å². The molecular weight excluding hydrogens is 651 g/mol. The Kier molecular flexibility index (Phi) is 7.04. The van der Waals surface area contributed by atoms with Crippen molar-refractivity contribution in [1.82, 2.24) is 9.55 Å². The summed E-state index contributed by atoms with van der Waals surface area (Å²) in [6.45, 7) is 6.65. The van der Waals surface area contributed by atoms with Crippen molar-refractivity contribution < 1.29 is 24.7 Å². The Morgan fingerprint density at radius 3 is 2.43 bits per heavy atom. The predicted octanol–water partition coefficient (Wildman–Crippen LogP) is 7.44. The van der Waals surface area contributed by atoms with Gasteiger partial charge in [0, 0.05) is 11.1 Å². The van der Waals surface area contributed by atoms with E-state index in [9.17, 15) is 0 Å². The summed E-state index contributed by atoms with van der Waals surface area (Å²) in [5.41, 5.74) is 5.55. The number of pyridine rings is 1. The zero-order valence-corrected chi connectivity index (χ0v) is 24.0. The second-order valence-corrected chi connectivity index (χ2v) is 10.8. The molecule has 0 aliphatic carbocycles. The van der Waals surface area contributed by atoms with Crippen molar-refractivity contribution in [3.05, 3.63) is 116 Å². The van der Waals surface area contributed by atoms with Gasteiger partial charge in [0.2, 0.25) is 6.33 Å². The molecule has 0 radical (unpaired) electrons. The maximum atomic E-state index is 4.22. The van der Waals surface area contributed by atoms with Crippen molar-refractivity contribution in [2.24, 2.45) is 0 Å². The van der Waals surface area contributed by atoms with Gasteiger partial charge < -0.3 is 14.1 Å². The number of benzene rings is 4. The summed E-state index contributed by atoms with van der Waals surface area (Å²) in [5.74, 6) is 0. The van der Waals surface area contributed by atoms with Gasteiger partial charge in [0.25, 0.3) is 0 Å². The smallest absolute Gasteiger partial charge is 0.334 e. The van der Waals surface area contributed by atoms with Gasteiger partial charge >= 0.3 is 20.1 Å². The van der Waals surface area contributed by atoms with Crippen LogP contribution in [0.1, 0.15) is 20.8 Å². The minimum Gasteiger partial charge on any atom is -0.334 e. The van der Waals surface area contributed by atoms with Gasteiger partial charge in [-0.1, -0.05) is 47.4 Å². The molecular formula is C32H25IrN3S+. The third-order valence-electron chi connectivity index (χ3n) is 6.14. The van der Waals surface area contributed by atoms with Gasteiger partial charge in [-0.3, -0.25) is 0 Å². The number of hydrogen-bond acceptors (Lipinski definition) is 2. The number of hydrogen-bond donors (Lipinski definition) is 0. The number of nitrogens with zero attached hydrogens (tertiary/aromatic N) is 3. The summed E-state index contributed by atoms with van der Waals surface area (Å²) in [4.78, 5) is 6.74. The number of rotatable bonds is 1. The standard InChI is InChI=1S/C21H17N2S.C11H8N.Ir/c1-21(2,3)23-13-22-17-11-14-7-4-5-8-15(14)12-19(17)24-18-10-6-9-16(23)20(18)22;1-2-6-10(7-3-1)11-8-4-5-9-12-11;/h4-10,12H,1-3H3;1-6,8-9H;/q2*-1;+3. The van der Waals surface area contributed by atoms with Gasteiger partial charge in [-0.2, -0.15) is 11.8 Å². The van der Waals surface area contributed by atoms with Gasteiger partial charge in [0.05, 0.1) is 16.6 Å². The van der Waals surface area contributed by atoms with E-state index in [-0.39, 0.29) is 25.6 Å². The van der Waals surface area contributed by atoms with E-state index in [1.165, 1.54) is 26.2 Å². The minimum atomic E-state index is -0.0197. The Hall–Kier alpha value is -3.24. The molecule has 0 atom stereocenters. The molecule has 0 saturated carbocycles. The molecule has 3 nitrogen and oxygen atoms in total. The molecule has 0 fully saturated rings. The molecule has 0 amide bonds. The Bertz CT molecular complexity index is 1650. The van der Waals surface area contributed by atoms with Crippen LogP contribution in [-0.2, 0) is 25.6 Å². The van der Waals surface area contributed by atoms with Gasteiger partial charge in [-0.15, -0.1) is 70.9 Å². The van der Waals surface area contributed by atoms with Gasteiger partial charge in [-0.25, -0.2) is 0 Å². The first kappa shape index (κ1) is 25.4. The van der Waals surface area contributed by atoms with Gasteiger partial charge in [0.15, 0.2) is 0 Å². The van der Waals surface area contributed by atoms with E-state index in [1.807, 2.05) is 54.2 Å². The Morgan fingerprint density at radius 2 is 1.68 bits per heavy atom. The summed E-state index contributed by atoms with van der Waals surface area (Å²) in [7, 11) is 0. The first-order valence-electron chi connectivity index (χ1n) is 12.0. The van der Waals surface area contributed by atoms with Crippen molar-refractivity contribution in [3.63, 3.8) is 0 Å². The van der Waals surface area contributed by atoms with Crippen molar-refractivity contribution in [2.45, 2.75) is 36.1 Å². The molecule has 4 aromatic carbocycles. The van der Waals surface area contributed by atoms with E-state index in [4.69, 9.17) is 0 Å². The van der Waals surface area contributed by atoms with Crippen LogP contribution >= 0.6 is 11.8 Å². The summed E-state index contributed by atoms with van der Waals surface area (Å²) in [5, 5.41) is 2.38. The predicted molar refractivity (Wildman–Crippen MR) is 146 cm³/mol. The van der Waals surface area contributed by atoms with Crippen LogP contribution in [0.25, 0.3) is 38.8 Å². The number of imidazole rings is 1. The van der Waals surface area contributed by atoms with Crippen LogP contribution in [0.2, 0.25) is 0 Å². The molecule has 0 N–H and O–H groups in total. The molecule has 0 saturated heterocycles. The summed E-state index contributed by atoms with van der Waals surface area (Å²) < 4.78 is 4.43. The number of aromatic nitrogens is 3. The molecule has 3 heterocycles. The van der Waals surface area contributed by atoms with Crippen LogP contribution in [0.15, 0.2) is 107 Å². The number of para-hydroxylation sites is 1. The maximum Gasteiger partial charge on any atom is 3.00 e. The van der Waals surface area contributed by atoms with Crippen LogP contribution in [0, 0.1) is 18.5 Å².